The summed E-state index contributed by atoms with van der Waals surface area (Å²) >= 11 is 0. The summed E-state index contributed by atoms with van der Waals surface area (Å²) in [4.78, 5) is 25.6. The Morgan fingerprint density at radius 3 is 1.25 bits per heavy atom. The molecule has 4 atom stereocenters. The predicted molar refractivity (Wildman–Crippen MR) is 184 cm³/mol. The number of carbonyl (C=O) groups excluding carboxylic acids is 2. The van der Waals surface area contributed by atoms with Crippen LogP contribution in [0.2, 0.25) is 0 Å². The minimum Gasteiger partial charge on any atom is -0.459 e. The third-order valence-electron chi connectivity index (χ3n) is 7.79. The van der Waals surface area contributed by atoms with Crippen LogP contribution in [0.25, 0.3) is 0 Å². The molecule has 0 aliphatic carbocycles. The van der Waals surface area contributed by atoms with Gasteiger partial charge in [-0.2, -0.15) is 16.8 Å². The molecule has 1 aliphatic rings. The van der Waals surface area contributed by atoms with Crippen LogP contribution in [-0.4, -0.2) is 72.2 Å². The maximum Gasteiger partial charge on any atom is 0.338 e. The standard InChI is InChI=1S/C37H38O12S2/c1-25-15-19-29(20-16-25)50(40,41)48-31(23-44-35(38)27-11-7-5-8-12-27)33-34(47-37(3,4)46-33)32(24-45-36(39)28-13-9-6-10-14-28)49-51(42,43)30-21-17-26(2)18-22-30/h5-22,31-34H,23-24H2,1-4H3/t31-,32?,33-,34-/m1/s1. The summed E-state index contributed by atoms with van der Waals surface area (Å²) in [6.07, 6.45) is -6.10. The first kappa shape index (κ1) is 37.8. The van der Waals surface area contributed by atoms with Crippen molar-refractivity contribution >= 4 is 32.2 Å². The lowest BCUT2D eigenvalue weighted by atomic mass is 10.0. The van der Waals surface area contributed by atoms with Crippen LogP contribution in [0.5, 0.6) is 0 Å². The molecular formula is C37H38O12S2. The smallest absolute Gasteiger partial charge is 0.338 e. The van der Waals surface area contributed by atoms with E-state index in [1.807, 2.05) is 0 Å². The van der Waals surface area contributed by atoms with Gasteiger partial charge in [-0.3, -0.25) is 8.37 Å². The van der Waals surface area contributed by atoms with Gasteiger partial charge in [-0.25, -0.2) is 9.59 Å². The molecule has 12 nitrogen and oxygen atoms in total. The van der Waals surface area contributed by atoms with Gasteiger partial charge >= 0.3 is 11.9 Å². The van der Waals surface area contributed by atoms with Crippen LogP contribution in [0.3, 0.4) is 0 Å². The largest absolute Gasteiger partial charge is 0.459 e. The first-order valence-electron chi connectivity index (χ1n) is 15.9. The maximum atomic E-state index is 13.6. The van der Waals surface area contributed by atoms with Crippen molar-refractivity contribution in [2.24, 2.45) is 0 Å². The Hall–Kier alpha value is -4.44. The van der Waals surface area contributed by atoms with Gasteiger partial charge in [0.25, 0.3) is 20.2 Å². The molecule has 1 saturated heterocycles. The summed E-state index contributed by atoms with van der Waals surface area (Å²) in [7, 11) is -9.06. The number of hydrogen-bond donors (Lipinski definition) is 0. The molecule has 0 radical (unpaired) electrons. The zero-order valence-corrected chi connectivity index (χ0v) is 30.0. The van der Waals surface area contributed by atoms with Crippen molar-refractivity contribution in [1.29, 1.82) is 0 Å². The van der Waals surface area contributed by atoms with Crippen LogP contribution < -0.4 is 0 Å². The predicted octanol–water partition coefficient (Wildman–Crippen LogP) is 5.39. The molecule has 4 aromatic carbocycles. The number of esters is 2. The van der Waals surface area contributed by atoms with Crippen molar-refractivity contribution in [3.63, 3.8) is 0 Å². The van der Waals surface area contributed by atoms with E-state index in [1.165, 1.54) is 62.4 Å². The average Bonchev–Trinajstić information content (AvgIpc) is 3.44. The van der Waals surface area contributed by atoms with E-state index in [4.69, 9.17) is 27.3 Å². The Bertz CT molecular complexity index is 1870. The Morgan fingerprint density at radius 2 is 0.922 bits per heavy atom. The average molecular weight is 739 g/mol. The normalized spacial score (nSPS) is 18.4. The van der Waals surface area contributed by atoms with E-state index >= 15 is 0 Å². The van der Waals surface area contributed by atoms with Gasteiger partial charge in [0.15, 0.2) is 5.79 Å². The quantitative estimate of drug-likeness (QED) is 0.120. The molecule has 5 rings (SSSR count). The van der Waals surface area contributed by atoms with Crippen molar-refractivity contribution < 1.29 is 53.7 Å². The van der Waals surface area contributed by atoms with Crippen molar-refractivity contribution in [2.45, 2.75) is 67.7 Å². The molecule has 0 aromatic heterocycles. The lowest BCUT2D eigenvalue weighted by molar-refractivity contribution is -0.160. The molecule has 0 amide bonds. The van der Waals surface area contributed by atoms with E-state index < -0.39 is 75.6 Å². The van der Waals surface area contributed by atoms with E-state index in [0.717, 1.165) is 11.1 Å². The number of rotatable bonds is 14. The first-order chi connectivity index (χ1) is 24.1. The number of aryl methyl sites for hydroxylation is 2. The van der Waals surface area contributed by atoms with Crippen molar-refractivity contribution in [3.05, 3.63) is 131 Å². The van der Waals surface area contributed by atoms with E-state index in [2.05, 4.69) is 0 Å². The van der Waals surface area contributed by atoms with E-state index in [0.29, 0.717) is 0 Å². The zero-order valence-electron chi connectivity index (χ0n) is 28.3. The summed E-state index contributed by atoms with van der Waals surface area (Å²) in [5.41, 5.74) is 1.99. The van der Waals surface area contributed by atoms with E-state index in [9.17, 15) is 26.4 Å². The Morgan fingerprint density at radius 1 is 0.588 bits per heavy atom. The molecule has 0 saturated carbocycles. The molecule has 1 heterocycles. The summed E-state index contributed by atoms with van der Waals surface area (Å²) in [6, 6.07) is 27.8. The summed E-state index contributed by atoms with van der Waals surface area (Å²) in [5.74, 6) is -3.02. The van der Waals surface area contributed by atoms with Gasteiger partial charge in [-0.15, -0.1) is 0 Å². The molecule has 270 valence electrons. The molecule has 0 bridgehead atoms. The minimum atomic E-state index is -4.53. The highest BCUT2D eigenvalue weighted by Gasteiger charge is 2.52. The van der Waals surface area contributed by atoms with Crippen LogP contribution in [0.1, 0.15) is 45.7 Å². The van der Waals surface area contributed by atoms with Gasteiger partial charge in [-0.05, 0) is 76.2 Å². The Labute approximate surface area is 297 Å². The fraction of sp³-hybridized carbons (Fsp3) is 0.297. The van der Waals surface area contributed by atoms with Gasteiger partial charge in [-0.1, -0.05) is 71.8 Å². The Kier molecular flexibility index (Phi) is 11.7. The van der Waals surface area contributed by atoms with E-state index in [-0.39, 0.29) is 20.9 Å². The highest BCUT2D eigenvalue weighted by Crippen LogP contribution is 2.36. The second-order valence-corrected chi connectivity index (χ2v) is 15.4. The molecule has 14 heteroatoms. The molecular weight excluding hydrogens is 701 g/mol. The van der Waals surface area contributed by atoms with Crippen LogP contribution >= 0.6 is 0 Å². The van der Waals surface area contributed by atoms with Crippen molar-refractivity contribution in [3.8, 4) is 0 Å². The maximum absolute atomic E-state index is 13.6. The van der Waals surface area contributed by atoms with Gasteiger partial charge in [0.1, 0.15) is 37.6 Å². The summed E-state index contributed by atoms with van der Waals surface area (Å²) in [5, 5.41) is 0. The SMILES string of the molecule is Cc1ccc(S(=O)(=O)OC(COC(=O)c2ccccc2)[C@H]2OC(C)(C)O[C@@H]2[C@@H](COC(=O)c2ccccc2)OS(=O)(=O)c2ccc(C)cc2)cc1. The number of carbonyl (C=O) groups is 2. The van der Waals surface area contributed by atoms with Gasteiger partial charge in [0.05, 0.1) is 20.9 Å². The van der Waals surface area contributed by atoms with Gasteiger partial charge in [0, 0.05) is 0 Å². The molecule has 1 unspecified atom stereocenters. The van der Waals surface area contributed by atoms with Gasteiger partial charge in [0.2, 0.25) is 0 Å². The zero-order chi connectivity index (χ0) is 36.8. The van der Waals surface area contributed by atoms with Crippen LogP contribution in [0, 0.1) is 13.8 Å². The third-order valence-corrected chi connectivity index (χ3v) is 10.5. The molecule has 0 spiro atoms. The monoisotopic (exact) mass is 738 g/mol. The lowest BCUT2D eigenvalue weighted by Gasteiger charge is -2.30. The Balaban J connectivity index is 1.51. The number of ether oxygens (including phenoxy) is 4. The third kappa shape index (κ3) is 9.88. The van der Waals surface area contributed by atoms with Crippen LogP contribution in [0.15, 0.2) is 119 Å². The van der Waals surface area contributed by atoms with E-state index in [1.54, 1.807) is 74.5 Å². The molecule has 1 fully saturated rings. The van der Waals surface area contributed by atoms with Gasteiger partial charge < -0.3 is 18.9 Å². The van der Waals surface area contributed by atoms with Crippen molar-refractivity contribution in [1.82, 2.24) is 0 Å². The molecule has 1 aliphatic heterocycles. The number of hydrogen-bond acceptors (Lipinski definition) is 12. The molecule has 51 heavy (non-hydrogen) atoms. The molecule has 4 aromatic rings. The minimum absolute atomic E-state index is 0.186. The first-order valence-corrected chi connectivity index (χ1v) is 18.8. The van der Waals surface area contributed by atoms with Crippen LogP contribution in [0.4, 0.5) is 0 Å². The second kappa shape index (κ2) is 15.8. The molecule has 0 N–H and O–H groups in total. The van der Waals surface area contributed by atoms with Crippen LogP contribution in [-0.2, 0) is 47.5 Å². The summed E-state index contributed by atoms with van der Waals surface area (Å²) < 4.78 is 89.3. The second-order valence-electron chi connectivity index (χ2n) is 12.3. The summed E-state index contributed by atoms with van der Waals surface area (Å²) in [6.45, 7) is 5.27. The fourth-order valence-corrected chi connectivity index (χ4v) is 7.37. The fourth-order valence-electron chi connectivity index (χ4n) is 5.22. The highest BCUT2D eigenvalue weighted by atomic mass is 32.2. The highest BCUT2D eigenvalue weighted by molar-refractivity contribution is 7.87. The topological polar surface area (TPSA) is 158 Å². The van der Waals surface area contributed by atoms with Crippen molar-refractivity contribution in [2.75, 3.05) is 13.2 Å². The number of benzene rings is 4. The lowest BCUT2D eigenvalue weighted by Crippen LogP contribution is -2.49.